The van der Waals surface area contributed by atoms with Crippen LogP contribution in [0.5, 0.6) is 11.5 Å². The number of hydrogen-bond acceptors (Lipinski definition) is 4. The van der Waals surface area contributed by atoms with E-state index in [1.807, 2.05) is 0 Å². The van der Waals surface area contributed by atoms with Crippen molar-refractivity contribution in [3.8, 4) is 11.5 Å². The molecule has 0 radical (unpaired) electrons. The molecule has 1 aromatic rings. The van der Waals surface area contributed by atoms with Crippen LogP contribution in [0.15, 0.2) is 22.7 Å². The molecular weight excluding hydrogens is 321 g/mol. The summed E-state index contributed by atoms with van der Waals surface area (Å²) in [5, 5.41) is 17.6. The standard InChI is InChI=1S/C10H10BrF3O4/c11-8-3-7(17-5-6(16)4-15)1-2-9(8)18-10(12,13)14/h1-3,6,15-16H,4-5H2. The van der Waals surface area contributed by atoms with Crippen LogP contribution in [0.4, 0.5) is 13.2 Å². The van der Waals surface area contributed by atoms with Gasteiger partial charge in [-0.05, 0) is 34.1 Å². The first kappa shape index (κ1) is 15.1. The van der Waals surface area contributed by atoms with Crippen molar-refractivity contribution in [3.05, 3.63) is 22.7 Å². The van der Waals surface area contributed by atoms with Gasteiger partial charge in [-0.25, -0.2) is 0 Å². The van der Waals surface area contributed by atoms with Crippen LogP contribution in [0.1, 0.15) is 0 Å². The molecule has 8 heteroatoms. The smallest absolute Gasteiger partial charge is 0.491 e. The molecule has 1 unspecified atom stereocenters. The van der Waals surface area contributed by atoms with Crippen LogP contribution in [-0.2, 0) is 0 Å². The topological polar surface area (TPSA) is 58.9 Å². The van der Waals surface area contributed by atoms with E-state index in [0.29, 0.717) is 0 Å². The summed E-state index contributed by atoms with van der Waals surface area (Å²) in [6.07, 6.45) is -5.81. The Balaban J connectivity index is 2.67. The van der Waals surface area contributed by atoms with Gasteiger partial charge in [0.25, 0.3) is 0 Å². The van der Waals surface area contributed by atoms with Crippen molar-refractivity contribution in [1.29, 1.82) is 0 Å². The van der Waals surface area contributed by atoms with Crippen LogP contribution in [0.25, 0.3) is 0 Å². The molecule has 0 spiro atoms. The van der Waals surface area contributed by atoms with Gasteiger partial charge in [0, 0.05) is 0 Å². The lowest BCUT2D eigenvalue weighted by molar-refractivity contribution is -0.274. The van der Waals surface area contributed by atoms with E-state index in [1.54, 1.807) is 0 Å². The second-order valence-electron chi connectivity index (χ2n) is 3.29. The summed E-state index contributed by atoms with van der Waals surface area (Å²) in [5.74, 6) is -0.151. The first-order valence-electron chi connectivity index (χ1n) is 4.79. The number of aliphatic hydroxyl groups excluding tert-OH is 2. The van der Waals surface area contributed by atoms with Gasteiger partial charge < -0.3 is 19.7 Å². The van der Waals surface area contributed by atoms with Gasteiger partial charge in [0.15, 0.2) is 0 Å². The molecule has 0 heterocycles. The second kappa shape index (κ2) is 6.26. The molecule has 0 bridgehead atoms. The van der Waals surface area contributed by atoms with Crippen molar-refractivity contribution in [1.82, 2.24) is 0 Å². The molecular formula is C10H10BrF3O4. The highest BCUT2D eigenvalue weighted by atomic mass is 79.9. The number of ether oxygens (including phenoxy) is 2. The van der Waals surface area contributed by atoms with Crippen LogP contribution >= 0.6 is 15.9 Å². The van der Waals surface area contributed by atoms with E-state index < -0.39 is 24.8 Å². The molecule has 18 heavy (non-hydrogen) atoms. The molecule has 2 N–H and O–H groups in total. The average molecular weight is 331 g/mol. The summed E-state index contributed by atoms with van der Waals surface area (Å²) in [7, 11) is 0. The molecule has 0 aliphatic carbocycles. The Morgan fingerprint density at radius 1 is 1.33 bits per heavy atom. The quantitative estimate of drug-likeness (QED) is 0.867. The van der Waals surface area contributed by atoms with E-state index in [4.69, 9.17) is 14.9 Å². The van der Waals surface area contributed by atoms with Crippen LogP contribution in [0.2, 0.25) is 0 Å². The molecule has 1 atom stereocenters. The third-order valence-electron chi connectivity index (χ3n) is 1.78. The molecule has 1 aromatic carbocycles. The third-order valence-corrected chi connectivity index (χ3v) is 2.40. The minimum Gasteiger partial charge on any atom is -0.491 e. The zero-order valence-corrected chi connectivity index (χ0v) is 10.5. The van der Waals surface area contributed by atoms with Crippen LogP contribution in [0, 0.1) is 0 Å². The molecule has 0 saturated heterocycles. The Morgan fingerprint density at radius 3 is 2.50 bits per heavy atom. The van der Waals surface area contributed by atoms with Gasteiger partial charge in [-0.3, -0.25) is 0 Å². The van der Waals surface area contributed by atoms with Crippen molar-refractivity contribution in [2.75, 3.05) is 13.2 Å². The summed E-state index contributed by atoms with van der Waals surface area (Å²) in [5.41, 5.74) is 0. The molecule has 0 aliphatic heterocycles. The fourth-order valence-electron chi connectivity index (χ4n) is 1.02. The molecule has 0 saturated carbocycles. The van der Waals surface area contributed by atoms with E-state index in [1.165, 1.54) is 12.1 Å². The highest BCUT2D eigenvalue weighted by Crippen LogP contribution is 2.33. The first-order valence-corrected chi connectivity index (χ1v) is 5.58. The summed E-state index contributed by atoms with van der Waals surface area (Å²) in [6, 6.07) is 3.61. The lowest BCUT2D eigenvalue weighted by atomic mass is 10.3. The van der Waals surface area contributed by atoms with E-state index in [0.717, 1.165) is 6.07 Å². The van der Waals surface area contributed by atoms with Gasteiger partial charge in [0.2, 0.25) is 0 Å². The van der Waals surface area contributed by atoms with Gasteiger partial charge in [-0.2, -0.15) is 0 Å². The van der Waals surface area contributed by atoms with Crippen molar-refractivity contribution in [2.45, 2.75) is 12.5 Å². The van der Waals surface area contributed by atoms with E-state index in [2.05, 4.69) is 20.7 Å². The van der Waals surface area contributed by atoms with Gasteiger partial charge >= 0.3 is 6.36 Å². The highest BCUT2D eigenvalue weighted by Gasteiger charge is 2.31. The van der Waals surface area contributed by atoms with Gasteiger partial charge in [0.1, 0.15) is 24.2 Å². The van der Waals surface area contributed by atoms with Crippen LogP contribution in [-0.4, -0.2) is 35.9 Å². The summed E-state index contributed by atoms with van der Waals surface area (Å²) in [6.45, 7) is -0.626. The van der Waals surface area contributed by atoms with Gasteiger partial charge in [-0.15, -0.1) is 13.2 Å². The maximum absolute atomic E-state index is 12.0. The zero-order valence-electron chi connectivity index (χ0n) is 8.95. The fraction of sp³-hybridized carbons (Fsp3) is 0.400. The average Bonchev–Trinajstić information content (AvgIpc) is 2.27. The number of aliphatic hydroxyl groups is 2. The van der Waals surface area contributed by atoms with Crippen molar-refractivity contribution < 1.29 is 32.9 Å². The third kappa shape index (κ3) is 5.11. The molecule has 4 nitrogen and oxygen atoms in total. The Labute approximate surface area is 109 Å². The van der Waals surface area contributed by atoms with Crippen LogP contribution in [0.3, 0.4) is 0 Å². The minimum atomic E-state index is -4.77. The Morgan fingerprint density at radius 2 is 2.00 bits per heavy atom. The molecule has 0 aromatic heterocycles. The number of rotatable bonds is 5. The fourth-order valence-corrected chi connectivity index (χ4v) is 1.46. The van der Waals surface area contributed by atoms with Gasteiger partial charge in [0.05, 0.1) is 11.1 Å². The number of alkyl halides is 3. The summed E-state index contributed by atoms with van der Waals surface area (Å²) >= 11 is 2.91. The first-order chi connectivity index (χ1) is 8.31. The minimum absolute atomic E-state index is 0.0656. The monoisotopic (exact) mass is 330 g/mol. The number of halogens is 4. The summed E-state index contributed by atoms with van der Waals surface area (Å²) in [4.78, 5) is 0. The Hall–Kier alpha value is -0.990. The van der Waals surface area contributed by atoms with Crippen LogP contribution < -0.4 is 9.47 Å². The zero-order chi connectivity index (χ0) is 13.8. The lowest BCUT2D eigenvalue weighted by Crippen LogP contribution is -2.21. The molecule has 102 valence electrons. The Kier molecular flexibility index (Phi) is 5.24. The highest BCUT2D eigenvalue weighted by molar-refractivity contribution is 9.10. The van der Waals surface area contributed by atoms with Crippen molar-refractivity contribution in [2.24, 2.45) is 0 Å². The molecule has 0 amide bonds. The van der Waals surface area contributed by atoms with Gasteiger partial charge in [-0.1, -0.05) is 0 Å². The van der Waals surface area contributed by atoms with Crippen molar-refractivity contribution >= 4 is 15.9 Å². The molecule has 0 aliphatic rings. The molecule has 0 fully saturated rings. The predicted molar refractivity (Wildman–Crippen MR) is 59.4 cm³/mol. The van der Waals surface area contributed by atoms with E-state index in [9.17, 15) is 13.2 Å². The maximum Gasteiger partial charge on any atom is 0.573 e. The largest absolute Gasteiger partial charge is 0.573 e. The predicted octanol–water partition coefficient (Wildman–Crippen LogP) is 2.08. The number of benzene rings is 1. The number of hydrogen-bond donors (Lipinski definition) is 2. The lowest BCUT2D eigenvalue weighted by Gasteiger charge is -2.13. The van der Waals surface area contributed by atoms with E-state index in [-0.39, 0.29) is 16.8 Å². The molecule has 1 rings (SSSR count). The Bertz CT molecular complexity index is 397. The normalized spacial score (nSPS) is 13.2. The van der Waals surface area contributed by atoms with Crippen molar-refractivity contribution in [3.63, 3.8) is 0 Å². The maximum atomic E-state index is 12.0. The van der Waals surface area contributed by atoms with E-state index >= 15 is 0 Å². The summed E-state index contributed by atoms with van der Waals surface area (Å²) < 4.78 is 44.8. The SMILES string of the molecule is OCC(O)COc1ccc(OC(F)(F)F)c(Br)c1. The second-order valence-corrected chi connectivity index (χ2v) is 4.14.